The lowest BCUT2D eigenvalue weighted by Crippen LogP contribution is -2.19. The molecule has 0 unspecified atom stereocenters. The summed E-state index contributed by atoms with van der Waals surface area (Å²) < 4.78 is 15.0. The van der Waals surface area contributed by atoms with Crippen LogP contribution in [0.3, 0.4) is 0 Å². The Kier molecular flexibility index (Phi) is 13.8. The Morgan fingerprint density at radius 2 is 1.53 bits per heavy atom. The fourth-order valence-corrected chi connectivity index (χ4v) is 8.84. The molecule has 0 aliphatic heterocycles. The summed E-state index contributed by atoms with van der Waals surface area (Å²) in [7, 11) is 0. The molecule has 0 bridgehead atoms. The third-order valence-electron chi connectivity index (χ3n) is 6.93. The molecule has 0 aromatic heterocycles. The van der Waals surface area contributed by atoms with Crippen molar-refractivity contribution in [1.29, 1.82) is 0 Å². The molecule has 2 aromatic rings. The van der Waals surface area contributed by atoms with Crippen molar-refractivity contribution in [3.63, 3.8) is 0 Å². The van der Waals surface area contributed by atoms with E-state index in [4.69, 9.17) is 14.6 Å². The van der Waals surface area contributed by atoms with Gasteiger partial charge < -0.3 is 14.6 Å². The van der Waals surface area contributed by atoms with Crippen LogP contribution in [-0.4, -0.2) is 17.0 Å². The van der Waals surface area contributed by atoms with Crippen LogP contribution < -0.4 is 9.47 Å². The number of benzene rings is 2. The number of rotatable bonds is 10. The highest BCUT2D eigenvalue weighted by atomic mass is 127. The number of aliphatic carboxylic acids is 1. The number of carboxylic acid groups (broad SMARTS) is 1. The summed E-state index contributed by atoms with van der Waals surface area (Å²) in [5.41, 5.74) is 5.77. The first-order valence-electron chi connectivity index (χ1n) is 13.7. The van der Waals surface area contributed by atoms with Crippen LogP contribution in [0.15, 0.2) is 83.0 Å². The van der Waals surface area contributed by atoms with Gasteiger partial charge in [0.1, 0.15) is 5.75 Å². The average Bonchev–Trinajstić information content (AvgIpc) is 2.87. The van der Waals surface area contributed by atoms with E-state index in [1.165, 1.54) is 36.5 Å². The molecule has 9 heteroatoms. The average molecular weight is 1030 g/mol. The lowest BCUT2D eigenvalue weighted by molar-refractivity contribution is -0.136. The molecule has 0 radical (unpaired) electrons. The minimum atomic E-state index is -0.877. The Labute approximate surface area is 308 Å². The van der Waals surface area contributed by atoms with Gasteiger partial charge in [-0.3, -0.25) is 4.79 Å². The molecule has 2 aromatic carbocycles. The number of carbonyl (C=O) groups excluding carboxylic acids is 1. The minimum Gasteiger partial charge on any atom is -0.481 e. The Morgan fingerprint density at radius 1 is 0.930 bits per heavy atom. The standard InChI is InChI=1S/C34H34I4O5/c1-20(11-12-25-22(3)10-7-13-34(25,4)5)8-6-9-21(2)14-31(41)43-33-28(37)18-24(19-29(33)38)42-32-26(35)15-23(16-27(32)36)17-30(39)40/h6,8-9,11-12,14-16,18-19H,7,10,13,17H2,1-5H3,(H,39,40). The summed E-state index contributed by atoms with van der Waals surface area (Å²) in [6.07, 6.45) is 15.4. The number of ether oxygens (including phenoxy) is 2. The molecule has 0 amide bonds. The lowest BCUT2D eigenvalue weighted by Gasteiger charge is -2.32. The first kappa shape index (κ1) is 36.3. The van der Waals surface area contributed by atoms with Crippen LogP contribution in [0.2, 0.25) is 0 Å². The van der Waals surface area contributed by atoms with Gasteiger partial charge in [0, 0.05) is 6.08 Å². The summed E-state index contributed by atoms with van der Waals surface area (Å²) in [6.45, 7) is 10.8. The maximum atomic E-state index is 12.7. The first-order chi connectivity index (χ1) is 20.2. The van der Waals surface area contributed by atoms with Crippen molar-refractivity contribution < 1.29 is 24.2 Å². The van der Waals surface area contributed by atoms with E-state index in [1.807, 2.05) is 49.4 Å². The maximum absolute atomic E-state index is 12.7. The van der Waals surface area contributed by atoms with Crippen molar-refractivity contribution in [1.82, 2.24) is 0 Å². The predicted molar refractivity (Wildman–Crippen MR) is 207 cm³/mol. The molecule has 1 aliphatic carbocycles. The summed E-state index contributed by atoms with van der Waals surface area (Å²) in [6, 6.07) is 7.25. The summed E-state index contributed by atoms with van der Waals surface area (Å²) in [5, 5.41) is 9.10. The highest BCUT2D eigenvalue weighted by Gasteiger charge is 2.26. The molecule has 0 atom stereocenters. The zero-order chi connectivity index (χ0) is 31.9. The van der Waals surface area contributed by atoms with Crippen LogP contribution in [0.1, 0.15) is 59.4 Å². The second-order valence-electron chi connectivity index (χ2n) is 11.1. The van der Waals surface area contributed by atoms with Gasteiger partial charge in [-0.1, -0.05) is 55.4 Å². The molecule has 3 rings (SSSR count). The van der Waals surface area contributed by atoms with Crippen molar-refractivity contribution in [2.45, 2.75) is 60.3 Å². The fraction of sp³-hybridized carbons (Fsp3) is 0.294. The van der Waals surface area contributed by atoms with E-state index in [2.05, 4.69) is 130 Å². The Balaban J connectivity index is 1.66. The number of esters is 1. The van der Waals surface area contributed by atoms with Crippen LogP contribution in [0, 0.1) is 19.7 Å². The van der Waals surface area contributed by atoms with Crippen molar-refractivity contribution in [2.75, 3.05) is 0 Å². The number of halogens is 4. The van der Waals surface area contributed by atoms with Gasteiger partial charge in [0.2, 0.25) is 0 Å². The van der Waals surface area contributed by atoms with Crippen LogP contribution in [0.25, 0.3) is 0 Å². The molecule has 1 aliphatic rings. The number of carboxylic acids is 1. The number of allylic oxidation sites excluding steroid dienone is 9. The van der Waals surface area contributed by atoms with E-state index >= 15 is 0 Å². The quantitative estimate of drug-likeness (QED) is 0.0844. The predicted octanol–water partition coefficient (Wildman–Crippen LogP) is 11.0. The van der Waals surface area contributed by atoms with Crippen molar-refractivity contribution in [3.05, 3.63) is 103 Å². The van der Waals surface area contributed by atoms with Gasteiger partial charge in [0.05, 0.1) is 20.7 Å². The van der Waals surface area contributed by atoms with E-state index in [1.54, 1.807) is 0 Å². The smallest absolute Gasteiger partial charge is 0.336 e. The Hall–Kier alpha value is -1.20. The zero-order valence-corrected chi connectivity index (χ0v) is 33.3. The van der Waals surface area contributed by atoms with Crippen molar-refractivity contribution in [2.24, 2.45) is 5.41 Å². The van der Waals surface area contributed by atoms with Crippen LogP contribution in [-0.2, 0) is 16.0 Å². The third kappa shape index (κ3) is 11.0. The molecule has 0 saturated heterocycles. The topological polar surface area (TPSA) is 72.8 Å². The van der Waals surface area contributed by atoms with E-state index in [0.717, 1.165) is 25.4 Å². The molecule has 1 N–H and O–H groups in total. The van der Waals surface area contributed by atoms with Gasteiger partial charge in [-0.15, -0.1) is 0 Å². The zero-order valence-electron chi connectivity index (χ0n) is 24.7. The molecule has 5 nitrogen and oxygen atoms in total. The highest BCUT2D eigenvalue weighted by Crippen LogP contribution is 2.41. The van der Waals surface area contributed by atoms with Gasteiger partial charge in [0.15, 0.2) is 11.5 Å². The molecule has 43 heavy (non-hydrogen) atoms. The van der Waals surface area contributed by atoms with Gasteiger partial charge in [0.25, 0.3) is 0 Å². The van der Waals surface area contributed by atoms with E-state index in [9.17, 15) is 9.59 Å². The third-order valence-corrected chi connectivity index (χ3v) is 10.1. The van der Waals surface area contributed by atoms with Gasteiger partial charge in [-0.05, 0) is 177 Å². The van der Waals surface area contributed by atoms with Crippen molar-refractivity contribution in [3.8, 4) is 17.2 Å². The largest absolute Gasteiger partial charge is 0.481 e. The molecule has 0 heterocycles. The molecule has 228 valence electrons. The molecular weight excluding hydrogens is 996 g/mol. The maximum Gasteiger partial charge on any atom is 0.336 e. The van der Waals surface area contributed by atoms with Crippen LogP contribution in [0.5, 0.6) is 17.2 Å². The van der Waals surface area contributed by atoms with Gasteiger partial charge in [-0.2, -0.15) is 0 Å². The van der Waals surface area contributed by atoms with Crippen LogP contribution >= 0.6 is 90.4 Å². The lowest BCUT2D eigenvalue weighted by atomic mass is 9.72. The van der Waals surface area contributed by atoms with Gasteiger partial charge in [-0.25, -0.2) is 4.79 Å². The Bertz CT molecular complexity index is 1510. The van der Waals surface area contributed by atoms with E-state index < -0.39 is 11.9 Å². The minimum absolute atomic E-state index is 0.0452. The van der Waals surface area contributed by atoms with Crippen molar-refractivity contribution >= 4 is 102 Å². The summed E-state index contributed by atoms with van der Waals surface area (Å²) in [4.78, 5) is 23.8. The van der Waals surface area contributed by atoms with Gasteiger partial charge >= 0.3 is 11.9 Å². The molecule has 0 fully saturated rings. The summed E-state index contributed by atoms with van der Waals surface area (Å²) in [5.74, 6) is 0.398. The van der Waals surface area contributed by atoms with E-state index in [0.29, 0.717) is 22.8 Å². The fourth-order valence-electron chi connectivity index (χ4n) is 4.79. The monoisotopic (exact) mass is 1030 g/mol. The first-order valence-corrected chi connectivity index (χ1v) is 18.0. The van der Waals surface area contributed by atoms with E-state index in [-0.39, 0.29) is 11.8 Å². The second-order valence-corrected chi connectivity index (χ2v) is 15.8. The summed E-state index contributed by atoms with van der Waals surface area (Å²) >= 11 is 8.56. The normalized spacial score (nSPS) is 15.8. The Morgan fingerprint density at radius 3 is 2.12 bits per heavy atom. The van der Waals surface area contributed by atoms with Crippen LogP contribution in [0.4, 0.5) is 0 Å². The molecule has 0 saturated carbocycles. The second kappa shape index (κ2) is 16.4. The number of hydrogen-bond acceptors (Lipinski definition) is 4. The molecule has 0 spiro atoms. The SMILES string of the molecule is CC(C=CC1=C(C)CCCC1(C)C)=CC=CC(C)=CC(=O)Oc1c(I)cc(Oc2c(I)cc(CC(=O)O)cc2I)cc1I. The number of carbonyl (C=O) groups is 2. The number of hydrogen-bond donors (Lipinski definition) is 1. The molecular formula is C34H34I4O5. The highest BCUT2D eigenvalue weighted by molar-refractivity contribution is 14.1.